The summed E-state index contributed by atoms with van der Waals surface area (Å²) in [6, 6.07) is 0. The van der Waals surface area contributed by atoms with Gasteiger partial charge in [-0.25, -0.2) is 0 Å². The predicted molar refractivity (Wildman–Crippen MR) is 71.6 cm³/mol. The molecular weight excluding hydrogens is 196 g/mol. The van der Waals surface area contributed by atoms with Crippen LogP contribution in [0.3, 0.4) is 0 Å². The quantitative estimate of drug-likeness (QED) is 0.730. The molecule has 2 unspecified atom stereocenters. The Balaban J connectivity index is 2.64. The molecular formula is C14H30N2. The SMILES string of the molecule is CCCN(C)C1(CN)CCCC(CC)CC1. The predicted octanol–water partition coefficient (Wildman–Crippen LogP) is 3.02. The summed E-state index contributed by atoms with van der Waals surface area (Å²) in [4.78, 5) is 2.53. The summed E-state index contributed by atoms with van der Waals surface area (Å²) in [5, 5.41) is 0. The Hall–Kier alpha value is -0.0800. The molecule has 0 aromatic heterocycles. The Labute approximate surface area is 102 Å². The molecule has 1 aliphatic rings. The minimum atomic E-state index is 0.305. The van der Waals surface area contributed by atoms with E-state index in [4.69, 9.17) is 5.73 Å². The highest BCUT2D eigenvalue weighted by Gasteiger charge is 2.34. The largest absolute Gasteiger partial charge is 0.329 e. The van der Waals surface area contributed by atoms with Gasteiger partial charge in [-0.3, -0.25) is 4.90 Å². The molecule has 1 saturated carbocycles. The fourth-order valence-electron chi connectivity index (χ4n) is 3.18. The topological polar surface area (TPSA) is 29.3 Å². The first-order chi connectivity index (χ1) is 7.68. The van der Waals surface area contributed by atoms with Crippen molar-refractivity contribution in [2.45, 2.75) is 64.3 Å². The molecule has 1 aliphatic carbocycles. The third-order valence-corrected chi connectivity index (χ3v) is 4.60. The van der Waals surface area contributed by atoms with E-state index < -0.39 is 0 Å². The summed E-state index contributed by atoms with van der Waals surface area (Å²) in [6.45, 7) is 6.61. The lowest BCUT2D eigenvalue weighted by molar-refractivity contribution is 0.106. The zero-order valence-electron chi connectivity index (χ0n) is 11.5. The highest BCUT2D eigenvalue weighted by atomic mass is 15.2. The molecule has 0 aromatic rings. The van der Waals surface area contributed by atoms with Crippen molar-refractivity contribution in [2.24, 2.45) is 11.7 Å². The van der Waals surface area contributed by atoms with Crippen LogP contribution in [0.2, 0.25) is 0 Å². The number of likely N-dealkylation sites (N-methyl/N-ethyl adjacent to an activating group) is 1. The molecule has 2 atom stereocenters. The smallest absolute Gasteiger partial charge is 0.0328 e. The summed E-state index contributed by atoms with van der Waals surface area (Å²) in [7, 11) is 2.27. The number of nitrogens with two attached hydrogens (primary N) is 1. The average Bonchev–Trinajstić information content (AvgIpc) is 2.52. The summed E-state index contributed by atoms with van der Waals surface area (Å²) in [5.41, 5.74) is 6.39. The van der Waals surface area contributed by atoms with Crippen molar-refractivity contribution in [2.75, 3.05) is 20.1 Å². The van der Waals surface area contributed by atoms with E-state index in [1.807, 2.05) is 0 Å². The zero-order chi connectivity index (χ0) is 12.0. The number of nitrogens with zero attached hydrogens (tertiary/aromatic N) is 1. The first kappa shape index (κ1) is 14.0. The second kappa shape index (κ2) is 6.61. The van der Waals surface area contributed by atoms with Crippen molar-refractivity contribution in [3.63, 3.8) is 0 Å². The van der Waals surface area contributed by atoms with Gasteiger partial charge in [-0.05, 0) is 45.2 Å². The van der Waals surface area contributed by atoms with Crippen LogP contribution >= 0.6 is 0 Å². The summed E-state index contributed by atoms with van der Waals surface area (Å²) < 4.78 is 0. The monoisotopic (exact) mass is 226 g/mol. The highest BCUT2D eigenvalue weighted by Crippen LogP contribution is 2.34. The molecule has 2 heteroatoms. The van der Waals surface area contributed by atoms with E-state index in [0.717, 1.165) is 12.5 Å². The molecule has 0 aromatic carbocycles. The van der Waals surface area contributed by atoms with Crippen LogP contribution in [-0.4, -0.2) is 30.6 Å². The van der Waals surface area contributed by atoms with Gasteiger partial charge in [0.25, 0.3) is 0 Å². The average molecular weight is 226 g/mol. The Morgan fingerprint density at radius 1 is 1.25 bits per heavy atom. The van der Waals surface area contributed by atoms with Gasteiger partial charge in [-0.15, -0.1) is 0 Å². The van der Waals surface area contributed by atoms with Crippen molar-refractivity contribution in [1.82, 2.24) is 4.90 Å². The van der Waals surface area contributed by atoms with Gasteiger partial charge in [0, 0.05) is 12.1 Å². The van der Waals surface area contributed by atoms with Crippen molar-refractivity contribution >= 4 is 0 Å². The lowest BCUT2D eigenvalue weighted by atomic mass is 9.87. The Kier molecular flexibility index (Phi) is 5.77. The van der Waals surface area contributed by atoms with E-state index in [1.165, 1.54) is 51.5 Å². The van der Waals surface area contributed by atoms with Crippen LogP contribution in [0.4, 0.5) is 0 Å². The van der Waals surface area contributed by atoms with Crippen LogP contribution in [0, 0.1) is 5.92 Å². The normalized spacial score (nSPS) is 31.7. The van der Waals surface area contributed by atoms with Gasteiger partial charge in [-0.1, -0.05) is 33.1 Å². The van der Waals surface area contributed by atoms with E-state index in [-0.39, 0.29) is 0 Å². The Morgan fingerprint density at radius 2 is 2.00 bits per heavy atom. The maximum absolute atomic E-state index is 6.08. The Bertz CT molecular complexity index is 193. The van der Waals surface area contributed by atoms with Crippen LogP contribution in [-0.2, 0) is 0 Å². The maximum Gasteiger partial charge on any atom is 0.0328 e. The lowest BCUT2D eigenvalue weighted by Crippen LogP contribution is -2.52. The van der Waals surface area contributed by atoms with Gasteiger partial charge in [0.2, 0.25) is 0 Å². The van der Waals surface area contributed by atoms with Gasteiger partial charge < -0.3 is 5.73 Å². The van der Waals surface area contributed by atoms with Crippen molar-refractivity contribution < 1.29 is 0 Å². The Morgan fingerprint density at radius 3 is 2.56 bits per heavy atom. The number of hydrogen-bond donors (Lipinski definition) is 1. The number of hydrogen-bond acceptors (Lipinski definition) is 2. The van der Waals surface area contributed by atoms with Crippen LogP contribution in [0.5, 0.6) is 0 Å². The van der Waals surface area contributed by atoms with E-state index >= 15 is 0 Å². The second-order valence-electron chi connectivity index (χ2n) is 5.56. The standard InChI is InChI=1S/C14H30N2/c1-4-11-16(3)14(12-15)9-6-7-13(5-2)8-10-14/h13H,4-12,15H2,1-3H3. The van der Waals surface area contributed by atoms with Crippen LogP contribution in [0.1, 0.15) is 58.8 Å². The molecule has 1 fully saturated rings. The molecule has 0 radical (unpaired) electrons. The first-order valence-electron chi connectivity index (χ1n) is 7.09. The zero-order valence-corrected chi connectivity index (χ0v) is 11.5. The van der Waals surface area contributed by atoms with E-state index in [2.05, 4.69) is 25.8 Å². The molecule has 0 spiro atoms. The van der Waals surface area contributed by atoms with E-state index in [1.54, 1.807) is 0 Å². The molecule has 2 N–H and O–H groups in total. The fraction of sp³-hybridized carbons (Fsp3) is 1.00. The van der Waals surface area contributed by atoms with Crippen LogP contribution in [0.25, 0.3) is 0 Å². The first-order valence-corrected chi connectivity index (χ1v) is 7.09. The summed E-state index contributed by atoms with van der Waals surface area (Å²) in [6.07, 6.45) is 9.34. The summed E-state index contributed by atoms with van der Waals surface area (Å²) >= 11 is 0. The van der Waals surface area contributed by atoms with Gasteiger partial charge in [0.05, 0.1) is 0 Å². The van der Waals surface area contributed by atoms with Crippen molar-refractivity contribution in [3.05, 3.63) is 0 Å². The van der Waals surface area contributed by atoms with Crippen LogP contribution < -0.4 is 5.73 Å². The van der Waals surface area contributed by atoms with Crippen molar-refractivity contribution in [3.8, 4) is 0 Å². The molecule has 96 valence electrons. The van der Waals surface area contributed by atoms with Crippen molar-refractivity contribution in [1.29, 1.82) is 0 Å². The molecule has 0 heterocycles. The third-order valence-electron chi connectivity index (χ3n) is 4.60. The lowest BCUT2D eigenvalue weighted by Gasteiger charge is -2.41. The second-order valence-corrected chi connectivity index (χ2v) is 5.56. The maximum atomic E-state index is 6.08. The van der Waals surface area contributed by atoms with Crippen LogP contribution in [0.15, 0.2) is 0 Å². The molecule has 0 aliphatic heterocycles. The van der Waals surface area contributed by atoms with Gasteiger partial charge in [0.15, 0.2) is 0 Å². The van der Waals surface area contributed by atoms with E-state index in [9.17, 15) is 0 Å². The molecule has 1 rings (SSSR count). The fourth-order valence-corrected chi connectivity index (χ4v) is 3.18. The third kappa shape index (κ3) is 3.21. The minimum Gasteiger partial charge on any atom is -0.329 e. The molecule has 16 heavy (non-hydrogen) atoms. The van der Waals surface area contributed by atoms with Gasteiger partial charge >= 0.3 is 0 Å². The molecule has 0 bridgehead atoms. The van der Waals surface area contributed by atoms with E-state index in [0.29, 0.717) is 5.54 Å². The van der Waals surface area contributed by atoms with Gasteiger partial charge in [-0.2, -0.15) is 0 Å². The van der Waals surface area contributed by atoms with Gasteiger partial charge in [0.1, 0.15) is 0 Å². The summed E-state index contributed by atoms with van der Waals surface area (Å²) in [5.74, 6) is 0.948. The molecule has 0 amide bonds. The molecule has 0 saturated heterocycles. The molecule has 2 nitrogen and oxygen atoms in total. The number of rotatable bonds is 5. The highest BCUT2D eigenvalue weighted by molar-refractivity contribution is 4.92. The minimum absolute atomic E-state index is 0.305.